The number of carbonyl (C=O) groups excluding carboxylic acids is 2. The van der Waals surface area contributed by atoms with Crippen molar-refractivity contribution in [3.05, 3.63) is 70.9 Å². The SMILES string of the molecule is CC(=O)c1ccc(OCCCC(=O)Nc2cc(C)nn2-c2cc(C)cc(C)c2)cc1. The summed E-state index contributed by atoms with van der Waals surface area (Å²) >= 11 is 0. The van der Waals surface area contributed by atoms with Crippen molar-refractivity contribution in [2.24, 2.45) is 0 Å². The number of ketones is 1. The van der Waals surface area contributed by atoms with E-state index in [0.29, 0.717) is 36.6 Å². The minimum Gasteiger partial charge on any atom is -0.494 e. The number of hydrogen-bond acceptors (Lipinski definition) is 4. The van der Waals surface area contributed by atoms with Gasteiger partial charge in [-0.05, 0) is 81.6 Å². The second-order valence-electron chi connectivity index (χ2n) is 7.51. The third-order valence-electron chi connectivity index (χ3n) is 4.63. The van der Waals surface area contributed by atoms with Crippen LogP contribution in [0.15, 0.2) is 48.5 Å². The fourth-order valence-corrected chi connectivity index (χ4v) is 3.27. The lowest BCUT2D eigenvalue weighted by molar-refractivity contribution is -0.116. The third kappa shape index (κ3) is 5.56. The van der Waals surface area contributed by atoms with Gasteiger partial charge in [-0.1, -0.05) is 6.07 Å². The highest BCUT2D eigenvalue weighted by atomic mass is 16.5. The van der Waals surface area contributed by atoms with E-state index in [0.717, 1.165) is 22.5 Å². The Balaban J connectivity index is 1.54. The standard InChI is InChI=1S/C24H27N3O3/c1-16-12-17(2)14-21(13-16)27-23(15-18(3)26-27)25-24(29)6-5-11-30-22-9-7-20(8-10-22)19(4)28/h7-10,12-15H,5-6,11H2,1-4H3,(H,25,29). The van der Waals surface area contributed by atoms with Crippen LogP contribution >= 0.6 is 0 Å². The van der Waals surface area contributed by atoms with Gasteiger partial charge in [-0.15, -0.1) is 0 Å². The predicted octanol–water partition coefficient (Wildman–Crippen LogP) is 4.80. The number of nitrogens with zero attached hydrogens (tertiary/aromatic N) is 2. The maximum atomic E-state index is 12.4. The number of Topliss-reactive ketones (excluding diaryl/α,β-unsaturated/α-hetero) is 1. The van der Waals surface area contributed by atoms with E-state index in [9.17, 15) is 9.59 Å². The van der Waals surface area contributed by atoms with E-state index in [-0.39, 0.29) is 11.7 Å². The molecule has 0 unspecified atom stereocenters. The fraction of sp³-hybridized carbons (Fsp3) is 0.292. The van der Waals surface area contributed by atoms with Crippen molar-refractivity contribution < 1.29 is 14.3 Å². The second kappa shape index (κ2) is 9.39. The molecule has 0 fully saturated rings. The first-order valence-electron chi connectivity index (χ1n) is 10.0. The topological polar surface area (TPSA) is 73.2 Å². The molecule has 0 aliphatic rings. The third-order valence-corrected chi connectivity index (χ3v) is 4.63. The Morgan fingerprint density at radius 1 is 1.00 bits per heavy atom. The smallest absolute Gasteiger partial charge is 0.225 e. The van der Waals surface area contributed by atoms with E-state index in [2.05, 4.69) is 16.5 Å². The van der Waals surface area contributed by atoms with Crippen LogP contribution in [0.4, 0.5) is 5.82 Å². The Morgan fingerprint density at radius 3 is 2.30 bits per heavy atom. The van der Waals surface area contributed by atoms with Crippen LogP contribution in [0.3, 0.4) is 0 Å². The normalized spacial score (nSPS) is 10.7. The van der Waals surface area contributed by atoms with Crippen molar-refractivity contribution in [1.82, 2.24) is 9.78 Å². The Labute approximate surface area is 176 Å². The monoisotopic (exact) mass is 405 g/mol. The molecule has 156 valence electrons. The first-order valence-corrected chi connectivity index (χ1v) is 10.0. The maximum Gasteiger partial charge on any atom is 0.225 e. The number of nitrogens with one attached hydrogen (secondary N) is 1. The van der Waals surface area contributed by atoms with Crippen LogP contribution < -0.4 is 10.1 Å². The Kier molecular flexibility index (Phi) is 6.67. The van der Waals surface area contributed by atoms with Crippen LogP contribution in [0.2, 0.25) is 0 Å². The number of rotatable bonds is 8. The molecule has 2 aromatic carbocycles. The van der Waals surface area contributed by atoms with Crippen LogP contribution in [0.5, 0.6) is 5.75 Å². The van der Waals surface area contributed by atoms with Gasteiger partial charge in [0, 0.05) is 18.1 Å². The highest BCUT2D eigenvalue weighted by Crippen LogP contribution is 2.20. The molecule has 6 heteroatoms. The number of aryl methyl sites for hydroxylation is 3. The average molecular weight is 405 g/mol. The summed E-state index contributed by atoms with van der Waals surface area (Å²) in [7, 11) is 0. The Hall–Kier alpha value is -3.41. The van der Waals surface area contributed by atoms with Crippen molar-refractivity contribution in [3.8, 4) is 11.4 Å². The predicted molar refractivity (Wildman–Crippen MR) is 118 cm³/mol. The molecule has 0 saturated heterocycles. The van der Waals surface area contributed by atoms with E-state index in [1.807, 2.05) is 39.0 Å². The van der Waals surface area contributed by atoms with Gasteiger partial charge in [0.05, 0.1) is 18.0 Å². The summed E-state index contributed by atoms with van der Waals surface area (Å²) in [5, 5.41) is 7.48. The molecular formula is C24H27N3O3. The number of anilines is 1. The summed E-state index contributed by atoms with van der Waals surface area (Å²) in [5.74, 6) is 1.27. The molecule has 6 nitrogen and oxygen atoms in total. The van der Waals surface area contributed by atoms with Gasteiger partial charge in [-0.2, -0.15) is 5.10 Å². The summed E-state index contributed by atoms with van der Waals surface area (Å²) in [6.07, 6.45) is 0.916. The van der Waals surface area contributed by atoms with E-state index >= 15 is 0 Å². The number of ether oxygens (including phenoxy) is 1. The molecule has 1 amide bonds. The molecule has 0 saturated carbocycles. The number of benzene rings is 2. The summed E-state index contributed by atoms with van der Waals surface area (Å²) in [5.41, 5.74) is 4.69. The van der Waals surface area contributed by atoms with Gasteiger partial charge in [0.25, 0.3) is 0 Å². The molecule has 3 rings (SSSR count). The molecule has 0 radical (unpaired) electrons. The van der Waals surface area contributed by atoms with Crippen molar-refractivity contribution in [2.75, 3.05) is 11.9 Å². The molecule has 30 heavy (non-hydrogen) atoms. The lowest BCUT2D eigenvalue weighted by atomic mass is 10.1. The molecule has 1 aromatic heterocycles. The van der Waals surface area contributed by atoms with Crippen molar-refractivity contribution in [2.45, 2.75) is 40.5 Å². The number of carbonyl (C=O) groups is 2. The van der Waals surface area contributed by atoms with E-state index in [4.69, 9.17) is 4.74 Å². The second-order valence-corrected chi connectivity index (χ2v) is 7.51. The number of aromatic nitrogens is 2. The average Bonchev–Trinajstić information content (AvgIpc) is 3.05. The van der Waals surface area contributed by atoms with Gasteiger partial charge in [0.2, 0.25) is 5.91 Å². The quantitative estimate of drug-likeness (QED) is 0.432. The van der Waals surface area contributed by atoms with Gasteiger partial charge in [-0.3, -0.25) is 9.59 Å². The van der Waals surface area contributed by atoms with Crippen LogP contribution in [-0.4, -0.2) is 28.1 Å². The summed E-state index contributed by atoms with van der Waals surface area (Å²) in [6, 6.07) is 15.1. The fourth-order valence-electron chi connectivity index (χ4n) is 3.27. The van der Waals surface area contributed by atoms with Crippen molar-refractivity contribution in [3.63, 3.8) is 0 Å². The molecule has 0 aliphatic heterocycles. The lowest BCUT2D eigenvalue weighted by Gasteiger charge is -2.11. The summed E-state index contributed by atoms with van der Waals surface area (Å²) in [6.45, 7) is 7.93. The van der Waals surface area contributed by atoms with E-state index in [1.54, 1.807) is 28.9 Å². The van der Waals surface area contributed by atoms with Crippen LogP contribution in [0, 0.1) is 20.8 Å². The van der Waals surface area contributed by atoms with Crippen molar-refractivity contribution in [1.29, 1.82) is 0 Å². The Morgan fingerprint density at radius 2 is 1.67 bits per heavy atom. The zero-order valence-corrected chi connectivity index (χ0v) is 17.9. The van der Waals surface area contributed by atoms with Crippen LogP contribution in [0.1, 0.15) is 46.9 Å². The Bertz CT molecular complexity index is 1030. The van der Waals surface area contributed by atoms with E-state index < -0.39 is 0 Å². The first-order chi connectivity index (χ1) is 14.3. The van der Waals surface area contributed by atoms with Crippen LogP contribution in [-0.2, 0) is 4.79 Å². The van der Waals surface area contributed by atoms with Gasteiger partial charge in [0.1, 0.15) is 11.6 Å². The first kappa shape index (κ1) is 21.3. The lowest BCUT2D eigenvalue weighted by Crippen LogP contribution is -2.15. The largest absolute Gasteiger partial charge is 0.494 e. The summed E-state index contributed by atoms with van der Waals surface area (Å²) < 4.78 is 7.42. The van der Waals surface area contributed by atoms with Crippen molar-refractivity contribution >= 4 is 17.5 Å². The van der Waals surface area contributed by atoms with E-state index in [1.165, 1.54) is 6.92 Å². The molecule has 1 N–H and O–H groups in total. The maximum absolute atomic E-state index is 12.4. The molecular weight excluding hydrogens is 378 g/mol. The zero-order valence-electron chi connectivity index (χ0n) is 17.9. The summed E-state index contributed by atoms with van der Waals surface area (Å²) in [4.78, 5) is 23.7. The molecule has 1 heterocycles. The zero-order chi connectivity index (χ0) is 21.7. The minimum atomic E-state index is -0.0870. The van der Waals surface area contributed by atoms with Gasteiger partial charge in [0.15, 0.2) is 5.78 Å². The molecule has 0 aliphatic carbocycles. The molecule has 3 aromatic rings. The van der Waals surface area contributed by atoms with Gasteiger partial charge >= 0.3 is 0 Å². The number of hydrogen-bond donors (Lipinski definition) is 1. The molecule has 0 atom stereocenters. The van der Waals surface area contributed by atoms with Gasteiger partial charge < -0.3 is 10.1 Å². The molecule has 0 spiro atoms. The highest BCUT2D eigenvalue weighted by Gasteiger charge is 2.12. The molecule has 0 bridgehead atoms. The highest BCUT2D eigenvalue weighted by molar-refractivity contribution is 5.94. The minimum absolute atomic E-state index is 0.0218. The number of amides is 1. The van der Waals surface area contributed by atoms with Crippen LogP contribution in [0.25, 0.3) is 5.69 Å². The van der Waals surface area contributed by atoms with Gasteiger partial charge in [-0.25, -0.2) is 4.68 Å².